The molecule has 1 fully saturated rings. The monoisotopic (exact) mass is 259 g/mol. The second kappa shape index (κ2) is 8.10. The molecule has 4 heteroatoms. The van der Waals surface area contributed by atoms with Crippen molar-refractivity contribution in [3.8, 4) is 0 Å². The zero-order valence-electron chi connectivity index (χ0n) is 11.8. The summed E-state index contributed by atoms with van der Waals surface area (Å²) in [6.45, 7) is 5.36. The van der Waals surface area contributed by atoms with E-state index in [0.29, 0.717) is 25.8 Å². The second-order valence-electron chi connectivity index (χ2n) is 5.46. The van der Waals surface area contributed by atoms with Crippen molar-refractivity contribution in [2.24, 2.45) is 0 Å². The van der Waals surface area contributed by atoms with Gasteiger partial charge in [0.1, 0.15) is 0 Å². The lowest BCUT2D eigenvalue weighted by molar-refractivity contribution is -0.0106. The number of aliphatic hydroxyl groups is 2. The third-order valence-electron chi connectivity index (χ3n) is 3.98. The highest BCUT2D eigenvalue weighted by atomic mass is 16.5. The summed E-state index contributed by atoms with van der Waals surface area (Å²) in [6.07, 6.45) is 6.08. The molecule has 108 valence electrons. The number of aliphatic hydroxyl groups excluding tert-OH is 1. The minimum absolute atomic E-state index is 0.350. The van der Waals surface area contributed by atoms with Gasteiger partial charge in [-0.1, -0.05) is 26.7 Å². The van der Waals surface area contributed by atoms with Gasteiger partial charge < -0.3 is 20.3 Å². The summed E-state index contributed by atoms with van der Waals surface area (Å²) in [6, 6.07) is 0. The molecule has 1 aliphatic carbocycles. The molecular formula is C14H29NO3. The average molecular weight is 259 g/mol. The molecule has 18 heavy (non-hydrogen) atoms. The molecule has 0 bridgehead atoms. The number of hydrogen-bond donors (Lipinski definition) is 3. The number of ether oxygens (including phenoxy) is 1. The van der Waals surface area contributed by atoms with Crippen molar-refractivity contribution in [3.05, 3.63) is 0 Å². The Balaban J connectivity index is 2.07. The average Bonchev–Trinajstić information content (AvgIpc) is 2.89. The van der Waals surface area contributed by atoms with Gasteiger partial charge in [0.15, 0.2) is 0 Å². The summed E-state index contributed by atoms with van der Waals surface area (Å²) in [5.74, 6) is 0. The first-order chi connectivity index (χ1) is 8.59. The summed E-state index contributed by atoms with van der Waals surface area (Å²) in [7, 11) is 0. The lowest BCUT2D eigenvalue weighted by Gasteiger charge is -2.26. The van der Waals surface area contributed by atoms with Crippen molar-refractivity contribution in [1.29, 1.82) is 0 Å². The van der Waals surface area contributed by atoms with Gasteiger partial charge in [-0.05, 0) is 25.7 Å². The standard InChI is InChI=1S/C14H29NO3/c1-3-14(17,4-2)11-15-9-12(16)10-18-13-7-5-6-8-13/h12-13,15-17H,3-11H2,1-2H3. The Kier molecular flexibility index (Phi) is 7.15. The summed E-state index contributed by atoms with van der Waals surface area (Å²) in [5.41, 5.74) is -0.647. The van der Waals surface area contributed by atoms with E-state index in [1.54, 1.807) is 0 Å². The molecule has 0 spiro atoms. The van der Waals surface area contributed by atoms with Crippen LogP contribution < -0.4 is 5.32 Å². The molecule has 1 aliphatic rings. The fraction of sp³-hybridized carbons (Fsp3) is 1.00. The van der Waals surface area contributed by atoms with Crippen molar-refractivity contribution in [2.45, 2.75) is 70.2 Å². The minimum atomic E-state index is -0.647. The van der Waals surface area contributed by atoms with Crippen LogP contribution in [-0.2, 0) is 4.74 Å². The van der Waals surface area contributed by atoms with Crippen LogP contribution in [0.2, 0.25) is 0 Å². The first-order valence-corrected chi connectivity index (χ1v) is 7.32. The van der Waals surface area contributed by atoms with E-state index in [9.17, 15) is 10.2 Å². The Labute approximate surface area is 111 Å². The van der Waals surface area contributed by atoms with Crippen LogP contribution in [0.25, 0.3) is 0 Å². The molecule has 0 heterocycles. The van der Waals surface area contributed by atoms with E-state index >= 15 is 0 Å². The van der Waals surface area contributed by atoms with E-state index in [2.05, 4.69) is 5.32 Å². The van der Waals surface area contributed by atoms with Gasteiger partial charge in [-0.25, -0.2) is 0 Å². The molecule has 0 aromatic carbocycles. The molecule has 0 aromatic rings. The lowest BCUT2D eigenvalue weighted by Crippen LogP contribution is -2.43. The Bertz CT molecular complexity index is 213. The SMILES string of the molecule is CCC(O)(CC)CNCC(O)COC1CCCC1. The topological polar surface area (TPSA) is 61.7 Å². The Morgan fingerprint density at radius 2 is 1.89 bits per heavy atom. The Morgan fingerprint density at radius 3 is 2.44 bits per heavy atom. The van der Waals surface area contributed by atoms with Gasteiger partial charge in [-0.2, -0.15) is 0 Å². The summed E-state index contributed by atoms with van der Waals surface area (Å²) < 4.78 is 5.65. The maximum absolute atomic E-state index is 10.1. The molecule has 0 aliphatic heterocycles. The van der Waals surface area contributed by atoms with Gasteiger partial charge in [0.25, 0.3) is 0 Å². The summed E-state index contributed by atoms with van der Waals surface area (Å²) in [4.78, 5) is 0. The first-order valence-electron chi connectivity index (χ1n) is 7.32. The van der Waals surface area contributed by atoms with Gasteiger partial charge in [0.2, 0.25) is 0 Å². The smallest absolute Gasteiger partial charge is 0.0897 e. The molecule has 1 rings (SSSR count). The summed E-state index contributed by atoms with van der Waals surface area (Å²) >= 11 is 0. The third kappa shape index (κ3) is 5.65. The van der Waals surface area contributed by atoms with Crippen LogP contribution in [0, 0.1) is 0 Å². The van der Waals surface area contributed by atoms with Crippen molar-refractivity contribution in [3.63, 3.8) is 0 Å². The highest BCUT2D eigenvalue weighted by Gasteiger charge is 2.22. The predicted octanol–water partition coefficient (Wildman–Crippen LogP) is 1.45. The van der Waals surface area contributed by atoms with Gasteiger partial charge in [0, 0.05) is 13.1 Å². The van der Waals surface area contributed by atoms with Crippen molar-refractivity contribution in [2.75, 3.05) is 19.7 Å². The van der Waals surface area contributed by atoms with Crippen LogP contribution in [0.1, 0.15) is 52.4 Å². The maximum Gasteiger partial charge on any atom is 0.0897 e. The molecule has 1 unspecified atom stereocenters. The number of hydrogen-bond acceptors (Lipinski definition) is 4. The van der Waals surface area contributed by atoms with Crippen LogP contribution in [0.3, 0.4) is 0 Å². The zero-order valence-corrected chi connectivity index (χ0v) is 11.8. The molecule has 3 N–H and O–H groups in total. The minimum Gasteiger partial charge on any atom is -0.389 e. The number of rotatable bonds is 9. The predicted molar refractivity (Wildman–Crippen MR) is 72.6 cm³/mol. The molecule has 1 saturated carbocycles. The van der Waals surface area contributed by atoms with Crippen LogP contribution in [-0.4, -0.2) is 47.7 Å². The zero-order chi connectivity index (χ0) is 13.4. The molecule has 0 saturated heterocycles. The van der Waals surface area contributed by atoms with E-state index in [1.807, 2.05) is 13.8 Å². The fourth-order valence-corrected chi connectivity index (χ4v) is 2.33. The van der Waals surface area contributed by atoms with Crippen LogP contribution in [0.15, 0.2) is 0 Å². The molecule has 0 aromatic heterocycles. The van der Waals surface area contributed by atoms with E-state index in [0.717, 1.165) is 25.7 Å². The Morgan fingerprint density at radius 1 is 1.28 bits per heavy atom. The normalized spacial score (nSPS) is 19.3. The highest BCUT2D eigenvalue weighted by Crippen LogP contribution is 2.20. The van der Waals surface area contributed by atoms with Gasteiger partial charge in [-0.15, -0.1) is 0 Å². The fourth-order valence-electron chi connectivity index (χ4n) is 2.33. The van der Waals surface area contributed by atoms with Crippen LogP contribution >= 0.6 is 0 Å². The van der Waals surface area contributed by atoms with Gasteiger partial charge >= 0.3 is 0 Å². The Hall–Kier alpha value is -0.160. The van der Waals surface area contributed by atoms with Crippen LogP contribution in [0.4, 0.5) is 0 Å². The van der Waals surface area contributed by atoms with Crippen molar-refractivity contribution in [1.82, 2.24) is 5.32 Å². The van der Waals surface area contributed by atoms with Crippen molar-refractivity contribution < 1.29 is 14.9 Å². The van der Waals surface area contributed by atoms with E-state index in [-0.39, 0.29) is 0 Å². The van der Waals surface area contributed by atoms with E-state index in [4.69, 9.17) is 4.74 Å². The maximum atomic E-state index is 10.1. The third-order valence-corrected chi connectivity index (χ3v) is 3.98. The highest BCUT2D eigenvalue weighted by molar-refractivity contribution is 4.78. The molecule has 0 amide bonds. The molecule has 1 atom stereocenters. The molecular weight excluding hydrogens is 230 g/mol. The van der Waals surface area contributed by atoms with Crippen molar-refractivity contribution >= 4 is 0 Å². The second-order valence-corrected chi connectivity index (χ2v) is 5.46. The lowest BCUT2D eigenvalue weighted by atomic mass is 9.97. The van der Waals surface area contributed by atoms with Gasteiger partial charge in [-0.3, -0.25) is 0 Å². The van der Waals surface area contributed by atoms with E-state index in [1.165, 1.54) is 12.8 Å². The first kappa shape index (κ1) is 15.9. The molecule has 0 radical (unpaired) electrons. The van der Waals surface area contributed by atoms with E-state index < -0.39 is 11.7 Å². The summed E-state index contributed by atoms with van der Waals surface area (Å²) in [5, 5.41) is 23.0. The number of nitrogens with one attached hydrogen (secondary N) is 1. The quantitative estimate of drug-likeness (QED) is 0.586. The molecule has 4 nitrogen and oxygen atoms in total. The largest absolute Gasteiger partial charge is 0.389 e. The van der Waals surface area contributed by atoms with Crippen LogP contribution in [0.5, 0.6) is 0 Å². The van der Waals surface area contributed by atoms with Gasteiger partial charge in [0.05, 0.1) is 24.4 Å².